The summed E-state index contributed by atoms with van der Waals surface area (Å²) in [5, 5.41) is 2.79. The zero-order chi connectivity index (χ0) is 14.5. The molecule has 0 fully saturated rings. The third kappa shape index (κ3) is 5.82. The molecule has 106 valence electrons. The number of nitrogens with one attached hydrogen (secondary N) is 1. The van der Waals surface area contributed by atoms with Gasteiger partial charge in [-0.25, -0.2) is 0 Å². The lowest BCUT2D eigenvalue weighted by atomic mass is 10.3. The Balaban J connectivity index is 2.60. The summed E-state index contributed by atoms with van der Waals surface area (Å²) in [6.45, 7) is 0.169. The van der Waals surface area contributed by atoms with Crippen molar-refractivity contribution >= 4 is 27.6 Å². The maximum atomic E-state index is 12.0. The minimum atomic E-state index is -4.73. The highest BCUT2D eigenvalue weighted by molar-refractivity contribution is 9.10. The second kappa shape index (κ2) is 6.65. The molecule has 4 nitrogen and oxygen atoms in total. The first-order valence-electron chi connectivity index (χ1n) is 5.13. The summed E-state index contributed by atoms with van der Waals surface area (Å²) in [6.07, 6.45) is -4.73. The number of hydrogen-bond donors (Lipinski definition) is 1. The molecule has 0 amide bonds. The van der Waals surface area contributed by atoms with Gasteiger partial charge in [0.1, 0.15) is 10.6 Å². The Morgan fingerprint density at radius 1 is 1.47 bits per heavy atom. The van der Waals surface area contributed by atoms with Crippen LogP contribution in [0, 0.1) is 0 Å². The summed E-state index contributed by atoms with van der Waals surface area (Å²) >= 11 is 3.08. The van der Waals surface area contributed by atoms with Gasteiger partial charge in [-0.05, 0) is 12.1 Å². The molecule has 0 aliphatic carbocycles. The summed E-state index contributed by atoms with van der Waals surface area (Å²) < 4.78 is 44.3. The minimum Gasteiger partial charge on any atom is -0.468 e. The monoisotopic (exact) mass is 341 g/mol. The molecule has 0 heterocycles. The van der Waals surface area contributed by atoms with Gasteiger partial charge in [0.15, 0.2) is 0 Å². The lowest BCUT2D eigenvalue weighted by Crippen LogP contribution is -2.24. The molecule has 0 aliphatic heterocycles. The average Bonchev–Trinajstić information content (AvgIpc) is 2.33. The fourth-order valence-electron chi connectivity index (χ4n) is 1.22. The zero-order valence-corrected chi connectivity index (χ0v) is 11.4. The van der Waals surface area contributed by atoms with Crippen molar-refractivity contribution in [3.8, 4) is 5.75 Å². The van der Waals surface area contributed by atoms with Crippen LogP contribution in [0.1, 0.15) is 0 Å². The molecule has 0 saturated carbocycles. The predicted octanol–water partition coefficient (Wildman–Crippen LogP) is 2.93. The van der Waals surface area contributed by atoms with Crippen LogP contribution >= 0.6 is 15.9 Å². The number of ether oxygens (including phenoxy) is 2. The van der Waals surface area contributed by atoms with Gasteiger partial charge in [-0.3, -0.25) is 4.79 Å². The number of anilines is 1. The van der Waals surface area contributed by atoms with Gasteiger partial charge in [-0.2, -0.15) is 0 Å². The summed E-state index contributed by atoms with van der Waals surface area (Å²) in [7, 11) is 1.24. The fourth-order valence-corrected chi connectivity index (χ4v) is 1.57. The Morgan fingerprint density at radius 2 is 2.16 bits per heavy atom. The largest absolute Gasteiger partial charge is 0.573 e. The Hall–Kier alpha value is -1.44. The van der Waals surface area contributed by atoms with Crippen molar-refractivity contribution in [2.45, 2.75) is 11.2 Å². The van der Waals surface area contributed by atoms with E-state index in [4.69, 9.17) is 0 Å². The maximum absolute atomic E-state index is 12.0. The van der Waals surface area contributed by atoms with Gasteiger partial charge < -0.3 is 14.8 Å². The Kier molecular flexibility index (Phi) is 5.46. The van der Waals surface area contributed by atoms with Gasteiger partial charge >= 0.3 is 12.3 Å². The lowest BCUT2D eigenvalue weighted by molar-refractivity contribution is -0.274. The molecule has 0 bridgehead atoms. The average molecular weight is 342 g/mol. The van der Waals surface area contributed by atoms with Crippen molar-refractivity contribution < 1.29 is 27.4 Å². The molecular formula is C11H11BrF3NO3. The van der Waals surface area contributed by atoms with E-state index in [1.165, 1.54) is 25.3 Å². The molecule has 1 N–H and O–H groups in total. The minimum absolute atomic E-state index is 0.169. The van der Waals surface area contributed by atoms with Crippen LogP contribution in [0.3, 0.4) is 0 Å². The number of alkyl halides is 4. The van der Waals surface area contributed by atoms with Gasteiger partial charge in [0.05, 0.1) is 7.11 Å². The summed E-state index contributed by atoms with van der Waals surface area (Å²) in [5.74, 6) is -0.808. The number of esters is 1. The number of benzene rings is 1. The maximum Gasteiger partial charge on any atom is 0.573 e. The van der Waals surface area contributed by atoms with E-state index in [-0.39, 0.29) is 12.3 Å². The number of halogens is 4. The number of rotatable bonds is 5. The third-order valence-corrected chi connectivity index (χ3v) is 2.71. The van der Waals surface area contributed by atoms with Crippen molar-refractivity contribution in [1.82, 2.24) is 0 Å². The first-order chi connectivity index (χ1) is 8.81. The molecule has 8 heteroatoms. The number of carbonyl (C=O) groups excluding carboxylic acids is 1. The van der Waals surface area contributed by atoms with Crippen molar-refractivity contribution in [1.29, 1.82) is 0 Å². The van der Waals surface area contributed by atoms with Crippen molar-refractivity contribution in [2.24, 2.45) is 0 Å². The van der Waals surface area contributed by atoms with Gasteiger partial charge in [-0.15, -0.1) is 13.2 Å². The lowest BCUT2D eigenvalue weighted by Gasteiger charge is -2.12. The second-order valence-corrected chi connectivity index (χ2v) is 4.55. The predicted molar refractivity (Wildman–Crippen MR) is 66.3 cm³/mol. The smallest absolute Gasteiger partial charge is 0.468 e. The highest BCUT2D eigenvalue weighted by Gasteiger charge is 2.31. The molecule has 19 heavy (non-hydrogen) atoms. The highest BCUT2D eigenvalue weighted by Crippen LogP contribution is 2.25. The summed E-state index contributed by atoms with van der Waals surface area (Å²) in [4.78, 5) is 10.5. The van der Waals surface area contributed by atoms with Crippen molar-refractivity contribution in [2.75, 3.05) is 19.0 Å². The van der Waals surface area contributed by atoms with Crippen LogP contribution in [0.4, 0.5) is 18.9 Å². The first-order valence-corrected chi connectivity index (χ1v) is 6.05. The molecule has 1 rings (SSSR count). The molecule has 0 aromatic heterocycles. The molecule has 1 aromatic rings. The molecular weight excluding hydrogens is 331 g/mol. The molecule has 0 saturated heterocycles. The van der Waals surface area contributed by atoms with Gasteiger partial charge in [-0.1, -0.05) is 22.0 Å². The van der Waals surface area contributed by atoms with Crippen LogP contribution in [0.15, 0.2) is 24.3 Å². The van der Waals surface area contributed by atoms with Crippen LogP contribution in [0.25, 0.3) is 0 Å². The molecule has 1 aromatic carbocycles. The Bertz CT molecular complexity index is 439. The van der Waals surface area contributed by atoms with E-state index in [0.29, 0.717) is 5.69 Å². The topological polar surface area (TPSA) is 47.6 Å². The summed E-state index contributed by atoms with van der Waals surface area (Å²) in [6, 6.07) is 5.33. The number of methoxy groups -OCH3 is 1. The molecule has 0 spiro atoms. The second-order valence-electron chi connectivity index (χ2n) is 3.45. The van der Waals surface area contributed by atoms with E-state index >= 15 is 0 Å². The quantitative estimate of drug-likeness (QED) is 0.660. The van der Waals surface area contributed by atoms with E-state index in [0.717, 1.165) is 0 Å². The molecule has 0 radical (unpaired) electrons. The zero-order valence-electron chi connectivity index (χ0n) is 9.83. The molecule has 1 unspecified atom stereocenters. The SMILES string of the molecule is COC(=O)C(Br)CNc1cccc(OC(F)(F)F)c1. The van der Waals surface area contributed by atoms with E-state index in [2.05, 4.69) is 30.7 Å². The van der Waals surface area contributed by atoms with E-state index in [1.54, 1.807) is 6.07 Å². The van der Waals surface area contributed by atoms with Crippen LogP contribution in [-0.4, -0.2) is 30.8 Å². The molecule has 1 atom stereocenters. The number of hydrogen-bond acceptors (Lipinski definition) is 4. The standard InChI is InChI=1S/C11H11BrF3NO3/c1-18-10(17)9(12)6-16-7-3-2-4-8(5-7)19-11(13,14)15/h2-5,9,16H,6H2,1H3. The fraction of sp³-hybridized carbons (Fsp3) is 0.364. The van der Waals surface area contributed by atoms with Crippen LogP contribution in [0.5, 0.6) is 5.75 Å². The van der Waals surface area contributed by atoms with E-state index in [1.807, 2.05) is 0 Å². The van der Waals surface area contributed by atoms with Crippen LogP contribution < -0.4 is 10.1 Å². The highest BCUT2D eigenvalue weighted by atomic mass is 79.9. The Labute approximate surface area is 116 Å². The number of carbonyl (C=O) groups is 1. The van der Waals surface area contributed by atoms with Crippen LogP contribution in [-0.2, 0) is 9.53 Å². The van der Waals surface area contributed by atoms with Crippen molar-refractivity contribution in [3.05, 3.63) is 24.3 Å². The normalized spacial score (nSPS) is 12.7. The third-order valence-electron chi connectivity index (χ3n) is 2.01. The molecule has 0 aliphatic rings. The van der Waals surface area contributed by atoms with E-state index < -0.39 is 17.2 Å². The Morgan fingerprint density at radius 3 is 2.74 bits per heavy atom. The first kappa shape index (κ1) is 15.6. The summed E-state index contributed by atoms with van der Waals surface area (Å²) in [5.41, 5.74) is 0.398. The van der Waals surface area contributed by atoms with Gasteiger partial charge in [0.2, 0.25) is 0 Å². The van der Waals surface area contributed by atoms with Gasteiger partial charge in [0, 0.05) is 18.3 Å². The van der Waals surface area contributed by atoms with Crippen molar-refractivity contribution in [3.63, 3.8) is 0 Å². The van der Waals surface area contributed by atoms with Crippen LogP contribution in [0.2, 0.25) is 0 Å². The van der Waals surface area contributed by atoms with Gasteiger partial charge in [0.25, 0.3) is 0 Å². The van der Waals surface area contributed by atoms with E-state index in [9.17, 15) is 18.0 Å².